The fourth-order valence-corrected chi connectivity index (χ4v) is 1.43. The molecule has 0 aliphatic heterocycles. The highest BCUT2D eigenvalue weighted by atomic mass is 14.9. The lowest BCUT2D eigenvalue weighted by molar-refractivity contribution is 0.352. The lowest BCUT2D eigenvalue weighted by Gasteiger charge is -2.24. The average Bonchev–Trinajstić information content (AvgIpc) is 2.17. The van der Waals surface area contributed by atoms with Gasteiger partial charge in [0, 0.05) is 12.1 Å². The van der Waals surface area contributed by atoms with Crippen molar-refractivity contribution in [3.8, 4) is 6.07 Å². The van der Waals surface area contributed by atoms with Gasteiger partial charge in [-0.3, -0.25) is 0 Å². The van der Waals surface area contributed by atoms with Crippen LogP contribution in [0, 0.1) is 17.2 Å². The smallest absolute Gasteiger partial charge is 0.0638 e. The molecule has 0 saturated carbocycles. The van der Waals surface area contributed by atoms with Crippen LogP contribution in [0.15, 0.2) is 12.7 Å². The van der Waals surface area contributed by atoms with Crippen LogP contribution in [-0.4, -0.2) is 12.1 Å². The SMILES string of the molecule is C=CCC(C)C(C)NC(CC)CC#N. The van der Waals surface area contributed by atoms with Crippen molar-refractivity contribution in [3.05, 3.63) is 12.7 Å². The zero-order chi connectivity index (χ0) is 11.0. The summed E-state index contributed by atoms with van der Waals surface area (Å²) < 4.78 is 0. The Morgan fingerprint density at radius 3 is 2.57 bits per heavy atom. The summed E-state index contributed by atoms with van der Waals surface area (Å²) >= 11 is 0. The predicted molar refractivity (Wildman–Crippen MR) is 60.9 cm³/mol. The second-order valence-corrected chi connectivity index (χ2v) is 3.92. The van der Waals surface area contributed by atoms with E-state index in [4.69, 9.17) is 5.26 Å². The Kier molecular flexibility index (Phi) is 7.14. The first-order chi connectivity index (χ1) is 6.65. The van der Waals surface area contributed by atoms with Crippen LogP contribution in [0.25, 0.3) is 0 Å². The van der Waals surface area contributed by atoms with Crippen LogP contribution in [0.5, 0.6) is 0 Å². The molecule has 14 heavy (non-hydrogen) atoms. The molecule has 0 aromatic carbocycles. The molecule has 2 nitrogen and oxygen atoms in total. The van der Waals surface area contributed by atoms with Gasteiger partial charge in [-0.25, -0.2) is 0 Å². The highest BCUT2D eigenvalue weighted by Gasteiger charge is 2.14. The molecule has 0 aliphatic carbocycles. The van der Waals surface area contributed by atoms with E-state index in [1.54, 1.807) is 0 Å². The molecule has 0 aromatic heterocycles. The summed E-state index contributed by atoms with van der Waals surface area (Å²) in [6.45, 7) is 10.2. The van der Waals surface area contributed by atoms with Gasteiger partial charge in [0.05, 0.1) is 12.5 Å². The fourth-order valence-electron chi connectivity index (χ4n) is 1.43. The highest BCUT2D eigenvalue weighted by molar-refractivity contribution is 4.84. The number of rotatable bonds is 7. The topological polar surface area (TPSA) is 35.8 Å². The van der Waals surface area contributed by atoms with Gasteiger partial charge in [0.25, 0.3) is 0 Å². The molecule has 0 aromatic rings. The van der Waals surface area contributed by atoms with E-state index in [-0.39, 0.29) is 0 Å². The zero-order valence-corrected chi connectivity index (χ0v) is 9.59. The minimum atomic E-state index is 0.335. The van der Waals surface area contributed by atoms with Crippen molar-refractivity contribution in [2.75, 3.05) is 0 Å². The first-order valence-corrected chi connectivity index (χ1v) is 5.39. The number of nitrogens with one attached hydrogen (secondary N) is 1. The molecule has 0 spiro atoms. The van der Waals surface area contributed by atoms with Crippen molar-refractivity contribution in [1.29, 1.82) is 5.26 Å². The van der Waals surface area contributed by atoms with Gasteiger partial charge in [0.2, 0.25) is 0 Å². The van der Waals surface area contributed by atoms with Crippen LogP contribution >= 0.6 is 0 Å². The van der Waals surface area contributed by atoms with E-state index in [2.05, 4.69) is 38.7 Å². The monoisotopic (exact) mass is 194 g/mol. The third kappa shape index (κ3) is 5.04. The van der Waals surface area contributed by atoms with Crippen molar-refractivity contribution in [2.24, 2.45) is 5.92 Å². The Morgan fingerprint density at radius 1 is 1.50 bits per heavy atom. The van der Waals surface area contributed by atoms with Gasteiger partial charge in [0.1, 0.15) is 0 Å². The van der Waals surface area contributed by atoms with Crippen molar-refractivity contribution in [1.82, 2.24) is 5.32 Å². The summed E-state index contributed by atoms with van der Waals surface area (Å²) in [7, 11) is 0. The zero-order valence-electron chi connectivity index (χ0n) is 9.59. The van der Waals surface area contributed by atoms with Gasteiger partial charge in [0.15, 0.2) is 0 Å². The Hall–Kier alpha value is -0.810. The molecular weight excluding hydrogens is 172 g/mol. The standard InChI is InChI=1S/C12H22N2/c1-5-7-10(3)11(4)14-12(6-2)8-9-13/h5,10-12,14H,1,6-8H2,2-4H3. The summed E-state index contributed by atoms with van der Waals surface area (Å²) in [5, 5.41) is 12.1. The van der Waals surface area contributed by atoms with E-state index >= 15 is 0 Å². The predicted octanol–water partition coefficient (Wildman–Crippen LogP) is 2.87. The van der Waals surface area contributed by atoms with Crippen LogP contribution in [-0.2, 0) is 0 Å². The fraction of sp³-hybridized carbons (Fsp3) is 0.750. The molecule has 0 fully saturated rings. The third-order valence-electron chi connectivity index (χ3n) is 2.72. The molecule has 3 atom stereocenters. The molecule has 2 heteroatoms. The molecule has 0 saturated heterocycles. The Labute approximate surface area is 88.0 Å². The molecule has 80 valence electrons. The van der Waals surface area contributed by atoms with E-state index in [9.17, 15) is 0 Å². The summed E-state index contributed by atoms with van der Waals surface area (Å²) in [6.07, 6.45) is 4.59. The number of nitriles is 1. The maximum atomic E-state index is 8.62. The maximum Gasteiger partial charge on any atom is 0.0638 e. The molecule has 0 bridgehead atoms. The highest BCUT2D eigenvalue weighted by Crippen LogP contribution is 2.10. The van der Waals surface area contributed by atoms with Gasteiger partial charge >= 0.3 is 0 Å². The molecule has 0 heterocycles. The second-order valence-electron chi connectivity index (χ2n) is 3.92. The largest absolute Gasteiger partial charge is 0.310 e. The van der Waals surface area contributed by atoms with Crippen molar-refractivity contribution in [3.63, 3.8) is 0 Å². The number of allylic oxidation sites excluding steroid dienone is 1. The van der Waals surface area contributed by atoms with Crippen LogP contribution in [0.2, 0.25) is 0 Å². The summed E-state index contributed by atoms with van der Waals surface area (Å²) in [5.41, 5.74) is 0. The minimum absolute atomic E-state index is 0.335. The van der Waals surface area contributed by atoms with Gasteiger partial charge in [-0.1, -0.05) is 19.9 Å². The minimum Gasteiger partial charge on any atom is -0.310 e. The molecule has 1 N–H and O–H groups in total. The van der Waals surface area contributed by atoms with Crippen LogP contribution < -0.4 is 5.32 Å². The maximum absolute atomic E-state index is 8.62. The summed E-state index contributed by atoms with van der Waals surface area (Å²) in [6, 6.07) is 3.00. The van der Waals surface area contributed by atoms with Crippen LogP contribution in [0.3, 0.4) is 0 Å². The first-order valence-electron chi connectivity index (χ1n) is 5.39. The quantitative estimate of drug-likeness (QED) is 0.633. The second kappa shape index (κ2) is 7.58. The number of hydrogen-bond donors (Lipinski definition) is 1. The Morgan fingerprint density at radius 2 is 2.14 bits per heavy atom. The molecule has 0 radical (unpaired) electrons. The van der Waals surface area contributed by atoms with Crippen molar-refractivity contribution >= 4 is 0 Å². The van der Waals surface area contributed by atoms with E-state index in [0.717, 1.165) is 12.8 Å². The molecule has 0 rings (SSSR count). The van der Waals surface area contributed by atoms with E-state index in [1.807, 2.05) is 6.08 Å². The number of nitrogens with zero attached hydrogens (tertiary/aromatic N) is 1. The summed E-state index contributed by atoms with van der Waals surface area (Å²) in [4.78, 5) is 0. The van der Waals surface area contributed by atoms with E-state index < -0.39 is 0 Å². The van der Waals surface area contributed by atoms with E-state index in [0.29, 0.717) is 24.4 Å². The molecule has 0 aliphatic rings. The van der Waals surface area contributed by atoms with E-state index in [1.165, 1.54) is 0 Å². The lowest BCUT2D eigenvalue weighted by atomic mass is 9.98. The average molecular weight is 194 g/mol. The lowest BCUT2D eigenvalue weighted by Crippen LogP contribution is -2.39. The van der Waals surface area contributed by atoms with Gasteiger partial charge in [-0.05, 0) is 25.7 Å². The summed E-state index contributed by atoms with van der Waals surface area (Å²) in [5.74, 6) is 0.584. The van der Waals surface area contributed by atoms with Gasteiger partial charge in [-0.15, -0.1) is 6.58 Å². The van der Waals surface area contributed by atoms with Crippen LogP contribution in [0.1, 0.15) is 40.0 Å². The van der Waals surface area contributed by atoms with Crippen molar-refractivity contribution < 1.29 is 0 Å². The Bertz CT molecular complexity index is 193. The third-order valence-corrected chi connectivity index (χ3v) is 2.72. The van der Waals surface area contributed by atoms with Gasteiger partial charge in [-0.2, -0.15) is 5.26 Å². The van der Waals surface area contributed by atoms with Crippen molar-refractivity contribution in [2.45, 2.75) is 52.1 Å². The molecule has 0 amide bonds. The van der Waals surface area contributed by atoms with Gasteiger partial charge < -0.3 is 5.32 Å². The normalized spacial score (nSPS) is 16.7. The molecular formula is C12H22N2. The Balaban J connectivity index is 3.94. The number of hydrogen-bond acceptors (Lipinski definition) is 2. The first kappa shape index (κ1) is 13.2. The molecule has 3 unspecified atom stereocenters. The van der Waals surface area contributed by atoms with Crippen LogP contribution in [0.4, 0.5) is 0 Å².